The van der Waals surface area contributed by atoms with E-state index in [9.17, 15) is 0 Å². The Kier molecular flexibility index (Phi) is 7.14. The molecule has 6 nitrogen and oxygen atoms in total. The smallest absolute Gasteiger partial charge is 0.162 e. The molecule has 1 aromatic carbocycles. The summed E-state index contributed by atoms with van der Waals surface area (Å²) in [5, 5.41) is 0.727. The Morgan fingerprint density at radius 2 is 1.54 bits per heavy atom. The lowest BCUT2D eigenvalue weighted by atomic mass is 10.2. The van der Waals surface area contributed by atoms with Crippen LogP contribution in [0.1, 0.15) is 33.1 Å². The SMILES string of the molecule is CCCCC.COc1cc2nc(-c3ccncc3)nc(N)c2cc1OC. The van der Waals surface area contributed by atoms with Crippen molar-refractivity contribution in [2.24, 2.45) is 0 Å². The zero-order valence-electron chi connectivity index (χ0n) is 15.8. The van der Waals surface area contributed by atoms with E-state index in [1.54, 1.807) is 38.7 Å². The highest BCUT2D eigenvalue weighted by Crippen LogP contribution is 2.34. The molecule has 2 heterocycles. The maximum Gasteiger partial charge on any atom is 0.162 e. The number of unbranched alkanes of at least 4 members (excludes halogenated alkanes) is 2. The van der Waals surface area contributed by atoms with Gasteiger partial charge in [-0.05, 0) is 18.2 Å². The number of hydrogen-bond donors (Lipinski definition) is 1. The van der Waals surface area contributed by atoms with Gasteiger partial charge in [0.05, 0.1) is 19.7 Å². The van der Waals surface area contributed by atoms with Gasteiger partial charge in [-0.2, -0.15) is 0 Å². The van der Waals surface area contributed by atoms with E-state index in [4.69, 9.17) is 15.2 Å². The van der Waals surface area contributed by atoms with E-state index in [-0.39, 0.29) is 0 Å². The van der Waals surface area contributed by atoms with Crippen molar-refractivity contribution >= 4 is 16.7 Å². The summed E-state index contributed by atoms with van der Waals surface area (Å²) in [5.74, 6) is 2.14. The molecule has 0 saturated carbocycles. The van der Waals surface area contributed by atoms with Crippen LogP contribution in [0.15, 0.2) is 36.7 Å². The molecule has 0 aliphatic heterocycles. The maximum absolute atomic E-state index is 6.05. The lowest BCUT2D eigenvalue weighted by Gasteiger charge is -2.11. The van der Waals surface area contributed by atoms with Crippen LogP contribution >= 0.6 is 0 Å². The molecule has 0 fully saturated rings. The Morgan fingerprint density at radius 3 is 2.08 bits per heavy atom. The summed E-state index contributed by atoms with van der Waals surface area (Å²) in [6.07, 6.45) is 7.45. The summed E-state index contributed by atoms with van der Waals surface area (Å²) in [6, 6.07) is 7.24. The summed E-state index contributed by atoms with van der Waals surface area (Å²) in [4.78, 5) is 12.9. The number of nitrogen functional groups attached to an aromatic ring is 1. The summed E-state index contributed by atoms with van der Waals surface area (Å²) in [5.41, 5.74) is 7.60. The average molecular weight is 354 g/mol. The molecule has 2 aromatic heterocycles. The molecule has 0 radical (unpaired) electrons. The van der Waals surface area contributed by atoms with Gasteiger partial charge in [0, 0.05) is 29.4 Å². The first-order chi connectivity index (χ1) is 12.6. The number of ether oxygens (including phenoxy) is 2. The van der Waals surface area contributed by atoms with Gasteiger partial charge in [-0.15, -0.1) is 0 Å². The molecule has 26 heavy (non-hydrogen) atoms. The molecule has 0 aliphatic rings. The quantitative estimate of drug-likeness (QED) is 0.727. The third-order valence-corrected chi connectivity index (χ3v) is 3.88. The Balaban J connectivity index is 0.000000431. The van der Waals surface area contributed by atoms with Gasteiger partial charge in [0.25, 0.3) is 0 Å². The number of methoxy groups -OCH3 is 2. The zero-order chi connectivity index (χ0) is 18.9. The molecule has 0 amide bonds. The lowest BCUT2D eigenvalue weighted by Crippen LogP contribution is -1.99. The number of hydrogen-bond acceptors (Lipinski definition) is 6. The van der Waals surface area contributed by atoms with Crippen LogP contribution in [0.2, 0.25) is 0 Å². The minimum atomic E-state index is 0.396. The van der Waals surface area contributed by atoms with Crippen LogP contribution in [0.25, 0.3) is 22.3 Å². The van der Waals surface area contributed by atoms with Crippen LogP contribution in [0.5, 0.6) is 11.5 Å². The van der Waals surface area contributed by atoms with Crippen molar-refractivity contribution in [3.05, 3.63) is 36.7 Å². The molecule has 0 bridgehead atoms. The van der Waals surface area contributed by atoms with Crippen molar-refractivity contribution in [2.45, 2.75) is 33.1 Å². The first kappa shape index (κ1) is 19.4. The fraction of sp³-hybridized carbons (Fsp3) is 0.350. The van der Waals surface area contributed by atoms with Crippen LogP contribution in [-0.4, -0.2) is 29.2 Å². The van der Waals surface area contributed by atoms with Crippen LogP contribution < -0.4 is 15.2 Å². The summed E-state index contributed by atoms with van der Waals surface area (Å²) in [6.45, 7) is 4.42. The number of anilines is 1. The van der Waals surface area contributed by atoms with E-state index in [0.717, 1.165) is 10.9 Å². The molecule has 3 aromatic rings. The number of nitrogens with zero attached hydrogens (tertiary/aromatic N) is 3. The minimum Gasteiger partial charge on any atom is -0.493 e. The monoisotopic (exact) mass is 354 g/mol. The summed E-state index contributed by atoms with van der Waals surface area (Å²) < 4.78 is 10.6. The van der Waals surface area contributed by atoms with Gasteiger partial charge >= 0.3 is 0 Å². The van der Waals surface area contributed by atoms with Crippen molar-refractivity contribution in [1.82, 2.24) is 15.0 Å². The topological polar surface area (TPSA) is 83.2 Å². The highest BCUT2D eigenvalue weighted by atomic mass is 16.5. The molecule has 3 rings (SSSR count). The van der Waals surface area contributed by atoms with Gasteiger partial charge in [-0.1, -0.05) is 33.1 Å². The second-order valence-electron chi connectivity index (χ2n) is 5.75. The van der Waals surface area contributed by atoms with Crippen molar-refractivity contribution < 1.29 is 9.47 Å². The fourth-order valence-electron chi connectivity index (χ4n) is 2.46. The second-order valence-corrected chi connectivity index (χ2v) is 5.75. The molecule has 0 spiro atoms. The normalized spacial score (nSPS) is 10.2. The largest absolute Gasteiger partial charge is 0.493 e. The van der Waals surface area contributed by atoms with Gasteiger partial charge in [-0.25, -0.2) is 9.97 Å². The van der Waals surface area contributed by atoms with E-state index in [0.29, 0.717) is 28.7 Å². The molecule has 0 atom stereocenters. The molecule has 0 saturated heterocycles. The molecule has 6 heteroatoms. The Bertz CT molecular complexity index is 836. The third kappa shape index (κ3) is 4.59. The van der Waals surface area contributed by atoms with Gasteiger partial charge in [0.1, 0.15) is 5.82 Å². The average Bonchev–Trinajstić information content (AvgIpc) is 2.68. The van der Waals surface area contributed by atoms with Crippen LogP contribution in [0.3, 0.4) is 0 Å². The predicted molar refractivity (Wildman–Crippen MR) is 105 cm³/mol. The number of rotatable bonds is 5. The van der Waals surface area contributed by atoms with E-state index in [1.807, 2.05) is 12.1 Å². The van der Waals surface area contributed by atoms with Gasteiger partial charge in [-0.3, -0.25) is 4.98 Å². The molecular weight excluding hydrogens is 328 g/mol. The maximum atomic E-state index is 6.05. The van der Waals surface area contributed by atoms with E-state index >= 15 is 0 Å². The van der Waals surface area contributed by atoms with Crippen LogP contribution in [-0.2, 0) is 0 Å². The number of nitrogens with two attached hydrogens (primary N) is 1. The second kappa shape index (κ2) is 9.56. The number of fused-ring (bicyclic) bond motifs is 1. The van der Waals surface area contributed by atoms with E-state index < -0.39 is 0 Å². The predicted octanol–water partition coefficient (Wildman–Crippen LogP) is 4.49. The fourth-order valence-corrected chi connectivity index (χ4v) is 2.46. The van der Waals surface area contributed by atoms with Crippen LogP contribution in [0.4, 0.5) is 5.82 Å². The number of benzene rings is 1. The molecule has 138 valence electrons. The van der Waals surface area contributed by atoms with Gasteiger partial charge < -0.3 is 15.2 Å². The van der Waals surface area contributed by atoms with Crippen molar-refractivity contribution in [1.29, 1.82) is 0 Å². The van der Waals surface area contributed by atoms with Crippen molar-refractivity contribution in [3.8, 4) is 22.9 Å². The Morgan fingerprint density at radius 1 is 0.923 bits per heavy atom. The lowest BCUT2D eigenvalue weighted by molar-refractivity contribution is 0.356. The highest BCUT2D eigenvalue weighted by Gasteiger charge is 2.12. The van der Waals surface area contributed by atoms with E-state index in [1.165, 1.54) is 19.3 Å². The standard InChI is InChI=1S/C15H14N4O2.C5H12/c1-20-12-7-10-11(8-13(12)21-2)18-15(19-14(10)16)9-3-5-17-6-4-9;1-3-5-4-2/h3-8H,1-2H3,(H2,16,18,19);3-5H2,1-2H3. The number of aromatic nitrogens is 3. The first-order valence-electron chi connectivity index (χ1n) is 8.74. The van der Waals surface area contributed by atoms with Crippen molar-refractivity contribution in [3.63, 3.8) is 0 Å². The summed E-state index contributed by atoms with van der Waals surface area (Å²) in [7, 11) is 3.16. The van der Waals surface area contributed by atoms with Gasteiger partial charge in [0.2, 0.25) is 0 Å². The van der Waals surface area contributed by atoms with Crippen molar-refractivity contribution in [2.75, 3.05) is 20.0 Å². The first-order valence-corrected chi connectivity index (χ1v) is 8.74. The molecular formula is C20H26N4O2. The number of pyridine rings is 1. The Labute approximate surface area is 154 Å². The van der Waals surface area contributed by atoms with Crippen LogP contribution in [0, 0.1) is 0 Å². The highest BCUT2D eigenvalue weighted by molar-refractivity contribution is 5.92. The molecule has 0 aliphatic carbocycles. The minimum absolute atomic E-state index is 0.396. The molecule has 0 unspecified atom stereocenters. The summed E-state index contributed by atoms with van der Waals surface area (Å²) >= 11 is 0. The van der Waals surface area contributed by atoms with Gasteiger partial charge in [0.15, 0.2) is 17.3 Å². The van der Waals surface area contributed by atoms with E-state index in [2.05, 4.69) is 28.8 Å². The molecule has 2 N–H and O–H groups in total. The Hall–Kier alpha value is -2.89. The zero-order valence-corrected chi connectivity index (χ0v) is 15.8. The third-order valence-electron chi connectivity index (χ3n) is 3.88.